The van der Waals surface area contributed by atoms with Gasteiger partial charge in [0, 0.05) is 44.6 Å². The normalized spacial score (nSPS) is 13.8. The molecule has 196 valence electrons. The van der Waals surface area contributed by atoms with Gasteiger partial charge in [-0.2, -0.15) is 0 Å². The number of hydrogen-bond donors (Lipinski definition) is 2. The second-order valence-corrected chi connectivity index (χ2v) is 11.8. The summed E-state index contributed by atoms with van der Waals surface area (Å²) in [5.41, 5.74) is 2.05. The number of thiophene rings is 1. The Bertz CT molecular complexity index is 1390. The van der Waals surface area contributed by atoms with E-state index in [1.165, 1.54) is 19.2 Å². The van der Waals surface area contributed by atoms with E-state index in [-0.39, 0.29) is 26.3 Å². The Kier molecular flexibility index (Phi) is 8.38. The van der Waals surface area contributed by atoms with Crippen molar-refractivity contribution in [1.82, 2.24) is 5.32 Å². The summed E-state index contributed by atoms with van der Waals surface area (Å²) in [5, 5.41) is 5.96. The standard InChI is InChI=1S/C25H27ClN4O5S2/c1-3-35-25(32)17-5-4-6-18(15-17)28-24(31)23-21(16-22(26)36-23)37(33,34)29(2)19-7-9-20(10-8-19)30-13-11-27-12-14-30/h4-10,15-16,27H,3,11-14H2,1-2H3,(H,28,31). The van der Waals surface area contributed by atoms with Gasteiger partial charge in [-0.3, -0.25) is 9.10 Å². The predicted octanol–water partition coefficient (Wildman–Crippen LogP) is 4.07. The molecule has 1 amide bonds. The van der Waals surface area contributed by atoms with Crippen LogP contribution in [-0.4, -0.2) is 60.1 Å². The van der Waals surface area contributed by atoms with E-state index >= 15 is 0 Å². The number of halogens is 1. The molecule has 0 saturated carbocycles. The molecule has 1 fully saturated rings. The molecule has 2 aromatic carbocycles. The summed E-state index contributed by atoms with van der Waals surface area (Å²) in [6.07, 6.45) is 0. The van der Waals surface area contributed by atoms with Crippen molar-refractivity contribution in [2.24, 2.45) is 0 Å². The summed E-state index contributed by atoms with van der Waals surface area (Å²) in [7, 11) is -2.67. The minimum atomic E-state index is -4.11. The van der Waals surface area contributed by atoms with Crippen LogP contribution in [0.4, 0.5) is 17.1 Å². The van der Waals surface area contributed by atoms with E-state index < -0.39 is 21.9 Å². The molecule has 1 saturated heterocycles. The average molecular weight is 563 g/mol. The number of hydrogen-bond acceptors (Lipinski definition) is 8. The zero-order valence-electron chi connectivity index (χ0n) is 20.4. The third kappa shape index (κ3) is 6.07. The maximum absolute atomic E-state index is 13.5. The Labute approximate surface area is 225 Å². The van der Waals surface area contributed by atoms with E-state index in [1.54, 1.807) is 37.3 Å². The van der Waals surface area contributed by atoms with Crippen LogP contribution in [0.2, 0.25) is 4.34 Å². The molecule has 0 atom stereocenters. The van der Waals surface area contributed by atoms with Crippen molar-refractivity contribution in [2.75, 3.05) is 54.4 Å². The van der Waals surface area contributed by atoms with Crippen LogP contribution >= 0.6 is 22.9 Å². The van der Waals surface area contributed by atoms with Gasteiger partial charge in [0.05, 0.1) is 22.2 Å². The maximum atomic E-state index is 13.5. The lowest BCUT2D eigenvalue weighted by Gasteiger charge is -2.30. The van der Waals surface area contributed by atoms with Crippen LogP contribution in [0.5, 0.6) is 0 Å². The Balaban J connectivity index is 1.56. The van der Waals surface area contributed by atoms with Crippen molar-refractivity contribution < 1.29 is 22.7 Å². The second-order valence-electron chi connectivity index (χ2n) is 8.23. The molecule has 1 aliphatic rings. The molecule has 2 heterocycles. The molecule has 12 heteroatoms. The Morgan fingerprint density at radius 1 is 1.14 bits per heavy atom. The highest BCUT2D eigenvalue weighted by Gasteiger charge is 2.30. The number of carbonyl (C=O) groups excluding carboxylic acids is 2. The summed E-state index contributed by atoms with van der Waals surface area (Å²) in [4.78, 5) is 27.1. The molecular weight excluding hydrogens is 536 g/mol. The third-order valence-electron chi connectivity index (χ3n) is 5.84. The third-order valence-corrected chi connectivity index (χ3v) is 9.04. The summed E-state index contributed by atoms with van der Waals surface area (Å²) < 4.78 is 33.4. The monoisotopic (exact) mass is 562 g/mol. The molecule has 1 aliphatic heterocycles. The second kappa shape index (κ2) is 11.5. The highest BCUT2D eigenvalue weighted by molar-refractivity contribution is 7.93. The lowest BCUT2D eigenvalue weighted by Crippen LogP contribution is -2.43. The Hall–Kier alpha value is -3.12. The van der Waals surface area contributed by atoms with Crippen LogP contribution < -0.4 is 19.8 Å². The van der Waals surface area contributed by atoms with Crippen molar-refractivity contribution in [3.05, 3.63) is 69.4 Å². The van der Waals surface area contributed by atoms with Gasteiger partial charge < -0.3 is 20.3 Å². The van der Waals surface area contributed by atoms with Crippen molar-refractivity contribution in [3.8, 4) is 0 Å². The number of nitrogens with zero attached hydrogens (tertiary/aromatic N) is 2. The van der Waals surface area contributed by atoms with E-state index in [9.17, 15) is 18.0 Å². The summed E-state index contributed by atoms with van der Waals surface area (Å²) in [6.45, 7) is 5.46. The van der Waals surface area contributed by atoms with E-state index in [1.807, 2.05) is 12.1 Å². The first-order valence-corrected chi connectivity index (χ1v) is 14.3. The molecule has 2 N–H and O–H groups in total. The predicted molar refractivity (Wildman–Crippen MR) is 147 cm³/mol. The zero-order chi connectivity index (χ0) is 26.6. The first-order valence-electron chi connectivity index (χ1n) is 11.6. The lowest BCUT2D eigenvalue weighted by molar-refractivity contribution is 0.0526. The Morgan fingerprint density at radius 2 is 1.84 bits per heavy atom. The van der Waals surface area contributed by atoms with Gasteiger partial charge in [-0.15, -0.1) is 11.3 Å². The number of esters is 1. The van der Waals surface area contributed by atoms with E-state index in [2.05, 4.69) is 15.5 Å². The first-order chi connectivity index (χ1) is 17.7. The molecule has 0 bridgehead atoms. The van der Waals surface area contributed by atoms with Gasteiger partial charge in [0.2, 0.25) is 0 Å². The number of rotatable bonds is 8. The number of carbonyl (C=O) groups is 2. The van der Waals surface area contributed by atoms with Gasteiger partial charge in [0.25, 0.3) is 15.9 Å². The number of anilines is 3. The quantitative estimate of drug-likeness (QED) is 0.398. The first kappa shape index (κ1) is 26.9. The summed E-state index contributed by atoms with van der Waals surface area (Å²) >= 11 is 7.03. The van der Waals surface area contributed by atoms with Crippen LogP contribution in [0.1, 0.15) is 27.0 Å². The van der Waals surface area contributed by atoms with Crippen LogP contribution in [0, 0.1) is 0 Å². The molecule has 4 rings (SSSR count). The van der Waals surface area contributed by atoms with E-state index in [0.29, 0.717) is 11.4 Å². The molecular formula is C25H27ClN4O5S2. The van der Waals surface area contributed by atoms with Crippen LogP contribution in [-0.2, 0) is 14.8 Å². The molecule has 0 unspecified atom stereocenters. The van der Waals surface area contributed by atoms with Gasteiger partial charge >= 0.3 is 5.97 Å². The number of ether oxygens (including phenoxy) is 1. The largest absolute Gasteiger partial charge is 0.462 e. The van der Waals surface area contributed by atoms with Gasteiger partial charge in [0.15, 0.2) is 0 Å². The van der Waals surface area contributed by atoms with Gasteiger partial charge in [0.1, 0.15) is 9.77 Å². The molecule has 3 aromatic rings. The smallest absolute Gasteiger partial charge is 0.338 e. The van der Waals surface area contributed by atoms with Crippen molar-refractivity contribution in [1.29, 1.82) is 0 Å². The fraction of sp³-hybridized carbons (Fsp3) is 0.280. The maximum Gasteiger partial charge on any atom is 0.338 e. The topological polar surface area (TPSA) is 108 Å². The minimum absolute atomic E-state index is 0.0594. The number of sulfonamides is 1. The van der Waals surface area contributed by atoms with Crippen molar-refractivity contribution >= 4 is 61.9 Å². The van der Waals surface area contributed by atoms with Crippen LogP contribution in [0.15, 0.2) is 59.5 Å². The average Bonchev–Trinajstić information content (AvgIpc) is 3.32. The van der Waals surface area contributed by atoms with Gasteiger partial charge in [-0.05, 0) is 55.5 Å². The number of piperazine rings is 1. The number of amides is 1. The number of benzene rings is 2. The molecule has 1 aromatic heterocycles. The van der Waals surface area contributed by atoms with Crippen LogP contribution in [0.3, 0.4) is 0 Å². The lowest BCUT2D eigenvalue weighted by atomic mass is 10.2. The molecule has 0 aliphatic carbocycles. The van der Waals surface area contributed by atoms with Crippen molar-refractivity contribution in [2.45, 2.75) is 11.8 Å². The fourth-order valence-corrected chi connectivity index (χ4v) is 6.79. The highest BCUT2D eigenvalue weighted by atomic mass is 35.5. The Morgan fingerprint density at radius 3 is 2.51 bits per heavy atom. The summed E-state index contributed by atoms with van der Waals surface area (Å²) in [6, 6.07) is 14.7. The van der Waals surface area contributed by atoms with Gasteiger partial charge in [-0.25, -0.2) is 13.2 Å². The number of nitrogens with one attached hydrogen (secondary N) is 2. The fourth-order valence-electron chi connectivity index (χ4n) is 3.90. The van der Waals surface area contributed by atoms with Crippen molar-refractivity contribution in [3.63, 3.8) is 0 Å². The SMILES string of the molecule is CCOC(=O)c1cccc(NC(=O)c2sc(Cl)cc2S(=O)(=O)N(C)c2ccc(N3CCNCC3)cc2)c1. The highest BCUT2D eigenvalue weighted by Crippen LogP contribution is 2.34. The molecule has 9 nitrogen and oxygen atoms in total. The zero-order valence-corrected chi connectivity index (χ0v) is 22.8. The molecule has 0 spiro atoms. The van der Waals surface area contributed by atoms with Crippen LogP contribution in [0.25, 0.3) is 0 Å². The van der Waals surface area contributed by atoms with E-state index in [0.717, 1.165) is 47.5 Å². The molecule has 37 heavy (non-hydrogen) atoms. The minimum Gasteiger partial charge on any atom is -0.462 e. The summed E-state index contributed by atoms with van der Waals surface area (Å²) in [5.74, 6) is -1.18. The van der Waals surface area contributed by atoms with E-state index in [4.69, 9.17) is 16.3 Å². The van der Waals surface area contributed by atoms with Gasteiger partial charge in [-0.1, -0.05) is 17.7 Å². The molecule has 0 radical (unpaired) electrons.